The van der Waals surface area contributed by atoms with E-state index in [2.05, 4.69) is 52.5 Å². The van der Waals surface area contributed by atoms with Crippen molar-refractivity contribution in [2.75, 3.05) is 23.3 Å². The maximum atomic E-state index is 12.1. The van der Waals surface area contributed by atoms with E-state index in [-0.39, 0.29) is 5.91 Å². The van der Waals surface area contributed by atoms with Gasteiger partial charge in [-0.1, -0.05) is 43.4 Å². The first-order chi connectivity index (χ1) is 10.6. The van der Waals surface area contributed by atoms with Crippen molar-refractivity contribution >= 4 is 28.1 Å². The first-order valence-corrected chi connectivity index (χ1v) is 8.41. The molecule has 0 aliphatic carbocycles. The summed E-state index contributed by atoms with van der Waals surface area (Å²) in [5.41, 5.74) is 2.63. The van der Waals surface area contributed by atoms with Crippen LogP contribution in [0, 0.1) is 0 Å². The van der Waals surface area contributed by atoms with Gasteiger partial charge in [-0.15, -0.1) is 10.2 Å². The lowest BCUT2D eigenvalue weighted by Gasteiger charge is -2.18. The van der Waals surface area contributed by atoms with Gasteiger partial charge in [0.25, 0.3) is 0 Å². The smallest absolute Gasteiger partial charge is 0.227 e. The van der Waals surface area contributed by atoms with Gasteiger partial charge in [0.05, 0.1) is 0 Å². The van der Waals surface area contributed by atoms with Crippen LogP contribution >= 0.6 is 11.3 Å². The van der Waals surface area contributed by atoms with Gasteiger partial charge in [-0.3, -0.25) is 4.79 Å². The van der Waals surface area contributed by atoms with E-state index in [1.54, 1.807) is 0 Å². The van der Waals surface area contributed by atoms with Crippen LogP contribution in [0.25, 0.3) is 0 Å². The third-order valence-corrected chi connectivity index (χ3v) is 4.91. The number of aromatic nitrogens is 2. The van der Waals surface area contributed by atoms with Crippen LogP contribution in [0.15, 0.2) is 24.3 Å². The highest BCUT2D eigenvalue weighted by Gasteiger charge is 2.19. The Morgan fingerprint density at radius 1 is 1.36 bits per heavy atom. The fourth-order valence-electron chi connectivity index (χ4n) is 2.58. The number of fused-ring (bicyclic) bond motifs is 1. The van der Waals surface area contributed by atoms with Crippen LogP contribution in [0.3, 0.4) is 0 Å². The molecule has 0 fully saturated rings. The van der Waals surface area contributed by atoms with Crippen molar-refractivity contribution in [2.45, 2.75) is 32.6 Å². The largest absolute Gasteiger partial charge is 0.370 e. The van der Waals surface area contributed by atoms with E-state index in [1.807, 2.05) is 6.07 Å². The molecular formula is C16H20N4OS. The molecule has 0 saturated carbocycles. The molecule has 0 radical (unpaired) electrons. The number of para-hydroxylation sites is 1. The molecule has 2 aromatic rings. The van der Waals surface area contributed by atoms with E-state index < -0.39 is 0 Å². The molecule has 1 aromatic heterocycles. The first-order valence-electron chi connectivity index (χ1n) is 7.59. The normalized spacial score (nSPS) is 13.5. The minimum atomic E-state index is -0.00385. The van der Waals surface area contributed by atoms with E-state index in [4.69, 9.17) is 0 Å². The van der Waals surface area contributed by atoms with Crippen molar-refractivity contribution in [3.63, 3.8) is 0 Å². The zero-order valence-electron chi connectivity index (χ0n) is 12.9. The fraction of sp³-hybridized carbons (Fsp3) is 0.438. The third-order valence-electron chi connectivity index (χ3n) is 3.77. The molecule has 2 heterocycles. The number of rotatable bonds is 5. The Bertz CT molecular complexity index is 668. The summed E-state index contributed by atoms with van der Waals surface area (Å²) in [6, 6.07) is 8.40. The minimum Gasteiger partial charge on any atom is -0.370 e. The average Bonchev–Trinajstić information content (AvgIpc) is 3.12. The van der Waals surface area contributed by atoms with Crippen LogP contribution in [-0.4, -0.2) is 29.2 Å². The van der Waals surface area contributed by atoms with Crippen molar-refractivity contribution in [1.29, 1.82) is 0 Å². The van der Waals surface area contributed by atoms with Gasteiger partial charge >= 0.3 is 0 Å². The van der Waals surface area contributed by atoms with E-state index in [9.17, 15) is 4.79 Å². The molecule has 0 unspecified atom stereocenters. The lowest BCUT2D eigenvalue weighted by atomic mass is 10.2. The van der Waals surface area contributed by atoms with Gasteiger partial charge in [0, 0.05) is 31.1 Å². The maximum absolute atomic E-state index is 12.1. The number of nitrogens with one attached hydrogen (secondary N) is 1. The second-order valence-electron chi connectivity index (χ2n) is 5.76. The highest BCUT2D eigenvalue weighted by atomic mass is 32.1. The van der Waals surface area contributed by atoms with Gasteiger partial charge in [-0.2, -0.15) is 0 Å². The number of hydrogen-bond donors (Lipinski definition) is 1. The molecule has 1 aliphatic heterocycles. The Labute approximate surface area is 134 Å². The molecule has 0 saturated heterocycles. The molecule has 1 aromatic carbocycles. The summed E-state index contributed by atoms with van der Waals surface area (Å²) in [7, 11) is 0. The van der Waals surface area contributed by atoms with Crippen molar-refractivity contribution < 1.29 is 4.79 Å². The fourth-order valence-corrected chi connectivity index (χ4v) is 3.34. The zero-order valence-corrected chi connectivity index (χ0v) is 13.7. The first kappa shape index (κ1) is 15.0. The summed E-state index contributed by atoms with van der Waals surface area (Å²) in [6.07, 6.45) is 1.52. The van der Waals surface area contributed by atoms with Crippen LogP contribution in [0.4, 0.5) is 10.8 Å². The summed E-state index contributed by atoms with van der Waals surface area (Å²) in [5, 5.41) is 12.5. The molecule has 1 aliphatic rings. The average molecular weight is 316 g/mol. The lowest BCUT2D eigenvalue weighted by molar-refractivity contribution is -0.116. The molecule has 6 heteroatoms. The monoisotopic (exact) mass is 316 g/mol. The molecule has 1 N–H and O–H groups in total. The highest BCUT2D eigenvalue weighted by Crippen LogP contribution is 2.27. The Morgan fingerprint density at radius 2 is 2.18 bits per heavy atom. The van der Waals surface area contributed by atoms with E-state index in [0.717, 1.165) is 24.5 Å². The molecule has 3 rings (SSSR count). The van der Waals surface area contributed by atoms with Crippen LogP contribution in [0.1, 0.15) is 36.8 Å². The number of carbonyl (C=O) groups is 1. The van der Waals surface area contributed by atoms with Gasteiger partial charge in [0.1, 0.15) is 5.01 Å². The SMILES string of the molecule is CC(C)c1nnc(NC(=O)CCN2CCc3ccccc32)s1. The summed E-state index contributed by atoms with van der Waals surface area (Å²) in [4.78, 5) is 14.3. The maximum Gasteiger partial charge on any atom is 0.227 e. The van der Waals surface area contributed by atoms with Crippen molar-refractivity contribution in [3.8, 4) is 0 Å². The topological polar surface area (TPSA) is 58.1 Å². The summed E-state index contributed by atoms with van der Waals surface area (Å²) < 4.78 is 0. The van der Waals surface area contributed by atoms with Crippen molar-refractivity contribution in [2.24, 2.45) is 0 Å². The standard InChI is InChI=1S/C16H20N4OS/c1-11(2)15-18-19-16(22-15)17-14(21)8-10-20-9-7-12-5-3-4-6-13(12)20/h3-6,11H,7-10H2,1-2H3,(H,17,19,21). The number of hydrogen-bond acceptors (Lipinski definition) is 5. The van der Waals surface area contributed by atoms with Gasteiger partial charge < -0.3 is 10.2 Å². The summed E-state index contributed by atoms with van der Waals surface area (Å²) in [5.74, 6) is 0.333. The predicted octanol–water partition coefficient (Wildman–Crippen LogP) is 3.05. The molecule has 22 heavy (non-hydrogen) atoms. The minimum absolute atomic E-state index is 0.00385. The summed E-state index contributed by atoms with van der Waals surface area (Å²) >= 11 is 1.45. The number of amides is 1. The Balaban J connectivity index is 1.52. The zero-order chi connectivity index (χ0) is 15.5. The van der Waals surface area contributed by atoms with Crippen molar-refractivity contribution in [1.82, 2.24) is 10.2 Å². The number of anilines is 2. The highest BCUT2D eigenvalue weighted by molar-refractivity contribution is 7.15. The second-order valence-corrected chi connectivity index (χ2v) is 6.77. The third kappa shape index (κ3) is 3.27. The predicted molar refractivity (Wildman–Crippen MR) is 89.6 cm³/mol. The van der Waals surface area contributed by atoms with Gasteiger partial charge in [-0.25, -0.2) is 0 Å². The Kier molecular flexibility index (Phi) is 4.38. The van der Waals surface area contributed by atoms with Crippen LogP contribution < -0.4 is 10.2 Å². The van der Waals surface area contributed by atoms with Crippen LogP contribution in [0.5, 0.6) is 0 Å². The Morgan fingerprint density at radius 3 is 2.95 bits per heavy atom. The molecular weight excluding hydrogens is 296 g/mol. The number of benzene rings is 1. The number of nitrogens with zero attached hydrogens (tertiary/aromatic N) is 3. The molecule has 0 spiro atoms. The number of carbonyl (C=O) groups excluding carboxylic acids is 1. The second kappa shape index (κ2) is 6.44. The molecule has 5 nitrogen and oxygen atoms in total. The van der Waals surface area contributed by atoms with Gasteiger partial charge in [0.2, 0.25) is 11.0 Å². The van der Waals surface area contributed by atoms with E-state index >= 15 is 0 Å². The summed E-state index contributed by atoms with van der Waals surface area (Å²) in [6.45, 7) is 5.86. The van der Waals surface area contributed by atoms with Gasteiger partial charge in [0.15, 0.2) is 0 Å². The van der Waals surface area contributed by atoms with Crippen LogP contribution in [0.2, 0.25) is 0 Å². The molecule has 0 atom stereocenters. The van der Waals surface area contributed by atoms with E-state index in [1.165, 1.54) is 22.6 Å². The van der Waals surface area contributed by atoms with E-state index in [0.29, 0.717) is 17.5 Å². The molecule has 1 amide bonds. The Hall–Kier alpha value is -1.95. The molecule has 0 bridgehead atoms. The quantitative estimate of drug-likeness (QED) is 0.921. The van der Waals surface area contributed by atoms with Crippen molar-refractivity contribution in [3.05, 3.63) is 34.8 Å². The van der Waals surface area contributed by atoms with Crippen LogP contribution in [-0.2, 0) is 11.2 Å². The van der Waals surface area contributed by atoms with Gasteiger partial charge in [-0.05, 0) is 18.1 Å². The lowest BCUT2D eigenvalue weighted by Crippen LogP contribution is -2.26. The molecule has 116 valence electrons.